The molecule has 0 spiro atoms. The zero-order valence-corrected chi connectivity index (χ0v) is 11.3. The van der Waals surface area contributed by atoms with Crippen LogP contribution in [0, 0.1) is 5.41 Å². The van der Waals surface area contributed by atoms with Gasteiger partial charge in [0, 0.05) is 12.7 Å². The molecule has 0 aliphatic carbocycles. The SMILES string of the molecule is CCC(CC)(CNc1ncccc1C(F)(F)F)C(=O)O. The Morgan fingerprint density at radius 3 is 2.40 bits per heavy atom. The molecule has 0 saturated carbocycles. The Hall–Kier alpha value is -1.79. The van der Waals surface area contributed by atoms with Crippen LogP contribution in [-0.4, -0.2) is 22.6 Å². The molecule has 1 rings (SSSR count). The molecule has 0 amide bonds. The summed E-state index contributed by atoms with van der Waals surface area (Å²) in [5, 5.41) is 11.8. The van der Waals surface area contributed by atoms with E-state index in [1.165, 1.54) is 12.3 Å². The van der Waals surface area contributed by atoms with Crippen molar-refractivity contribution in [3.05, 3.63) is 23.9 Å². The van der Waals surface area contributed by atoms with E-state index < -0.39 is 23.1 Å². The van der Waals surface area contributed by atoms with Crippen LogP contribution in [0.5, 0.6) is 0 Å². The van der Waals surface area contributed by atoms with Crippen molar-refractivity contribution < 1.29 is 23.1 Å². The molecule has 4 nitrogen and oxygen atoms in total. The number of hydrogen-bond acceptors (Lipinski definition) is 3. The molecule has 0 radical (unpaired) electrons. The van der Waals surface area contributed by atoms with Gasteiger partial charge in [-0.3, -0.25) is 4.79 Å². The highest BCUT2D eigenvalue weighted by molar-refractivity contribution is 5.75. The molecule has 0 aromatic carbocycles. The maximum absolute atomic E-state index is 12.8. The second kappa shape index (κ2) is 6.11. The van der Waals surface area contributed by atoms with Crippen LogP contribution in [0.25, 0.3) is 0 Å². The number of aliphatic carboxylic acids is 1. The minimum absolute atomic E-state index is 0.102. The smallest absolute Gasteiger partial charge is 0.419 e. The van der Waals surface area contributed by atoms with Gasteiger partial charge in [0.2, 0.25) is 0 Å². The Balaban J connectivity index is 2.98. The number of carboxylic acids is 1. The molecule has 0 unspecified atom stereocenters. The normalized spacial score (nSPS) is 12.2. The summed E-state index contributed by atoms with van der Waals surface area (Å²) < 4.78 is 38.4. The van der Waals surface area contributed by atoms with Crippen molar-refractivity contribution in [2.75, 3.05) is 11.9 Å². The zero-order valence-electron chi connectivity index (χ0n) is 11.3. The summed E-state index contributed by atoms with van der Waals surface area (Å²) >= 11 is 0. The fraction of sp³-hybridized carbons (Fsp3) is 0.538. The highest BCUT2D eigenvalue weighted by Crippen LogP contribution is 2.34. The highest BCUT2D eigenvalue weighted by atomic mass is 19.4. The molecule has 2 N–H and O–H groups in total. The summed E-state index contributed by atoms with van der Waals surface area (Å²) in [5.41, 5.74) is -1.99. The third-order valence-corrected chi connectivity index (χ3v) is 3.51. The van der Waals surface area contributed by atoms with Gasteiger partial charge in [-0.15, -0.1) is 0 Å². The van der Waals surface area contributed by atoms with Crippen molar-refractivity contribution in [3.63, 3.8) is 0 Å². The molecule has 7 heteroatoms. The van der Waals surface area contributed by atoms with Gasteiger partial charge in [0.15, 0.2) is 0 Å². The van der Waals surface area contributed by atoms with Gasteiger partial charge < -0.3 is 10.4 Å². The molecule has 0 fully saturated rings. The van der Waals surface area contributed by atoms with Crippen molar-refractivity contribution in [2.24, 2.45) is 5.41 Å². The monoisotopic (exact) mass is 290 g/mol. The molecule has 0 atom stereocenters. The minimum Gasteiger partial charge on any atom is -0.481 e. The number of carbonyl (C=O) groups is 1. The molecule has 1 heterocycles. The molecule has 20 heavy (non-hydrogen) atoms. The summed E-state index contributed by atoms with van der Waals surface area (Å²) in [5.74, 6) is -1.37. The number of rotatable bonds is 6. The predicted octanol–water partition coefficient (Wildman–Crippen LogP) is 3.40. The average molecular weight is 290 g/mol. The van der Waals surface area contributed by atoms with Crippen LogP contribution < -0.4 is 5.32 Å². The molecule has 0 saturated heterocycles. The number of nitrogens with one attached hydrogen (secondary N) is 1. The van der Waals surface area contributed by atoms with Crippen LogP contribution in [-0.2, 0) is 11.0 Å². The third-order valence-electron chi connectivity index (χ3n) is 3.51. The van der Waals surface area contributed by atoms with Gasteiger partial charge >= 0.3 is 12.1 Å². The van der Waals surface area contributed by atoms with E-state index in [0.717, 1.165) is 6.07 Å². The minimum atomic E-state index is -4.53. The van der Waals surface area contributed by atoms with Crippen LogP contribution in [0.15, 0.2) is 18.3 Å². The third kappa shape index (κ3) is 3.40. The van der Waals surface area contributed by atoms with Gasteiger partial charge in [-0.05, 0) is 25.0 Å². The number of carboxylic acid groups (broad SMARTS) is 1. The fourth-order valence-electron chi connectivity index (χ4n) is 1.91. The van der Waals surface area contributed by atoms with Gasteiger partial charge in [0.1, 0.15) is 5.82 Å². The quantitative estimate of drug-likeness (QED) is 0.843. The molecule has 0 aliphatic heterocycles. The van der Waals surface area contributed by atoms with Gasteiger partial charge in [-0.2, -0.15) is 13.2 Å². The van der Waals surface area contributed by atoms with E-state index in [9.17, 15) is 23.1 Å². The molecule has 1 aromatic rings. The Morgan fingerprint density at radius 2 is 1.95 bits per heavy atom. The Labute approximate surface area is 115 Å². The van der Waals surface area contributed by atoms with E-state index in [-0.39, 0.29) is 12.4 Å². The molecule has 1 aromatic heterocycles. The summed E-state index contributed by atoms with van der Waals surface area (Å²) in [6.45, 7) is 3.29. The Bertz CT molecular complexity index is 471. The van der Waals surface area contributed by atoms with Crippen LogP contribution >= 0.6 is 0 Å². The van der Waals surface area contributed by atoms with E-state index >= 15 is 0 Å². The van der Waals surface area contributed by atoms with E-state index in [1.807, 2.05) is 0 Å². The lowest BCUT2D eigenvalue weighted by Crippen LogP contribution is -2.37. The van der Waals surface area contributed by atoms with Gasteiger partial charge in [0.25, 0.3) is 0 Å². The van der Waals surface area contributed by atoms with E-state index in [4.69, 9.17) is 0 Å². The van der Waals surface area contributed by atoms with Gasteiger partial charge in [-0.1, -0.05) is 13.8 Å². The second-order valence-electron chi connectivity index (χ2n) is 4.54. The van der Waals surface area contributed by atoms with E-state index in [2.05, 4.69) is 10.3 Å². The fourth-order valence-corrected chi connectivity index (χ4v) is 1.91. The molecular formula is C13H17F3N2O2. The number of alkyl halides is 3. The first kappa shape index (κ1) is 16.3. The maximum Gasteiger partial charge on any atom is 0.419 e. The zero-order chi connectivity index (χ0) is 15.4. The van der Waals surface area contributed by atoms with Crippen molar-refractivity contribution in [2.45, 2.75) is 32.9 Å². The summed E-state index contributed by atoms with van der Waals surface area (Å²) in [6, 6.07) is 2.10. The molecule has 0 aliphatic rings. The first-order valence-corrected chi connectivity index (χ1v) is 6.26. The van der Waals surface area contributed by atoms with Crippen molar-refractivity contribution >= 4 is 11.8 Å². The first-order valence-electron chi connectivity index (χ1n) is 6.26. The molecular weight excluding hydrogens is 273 g/mol. The van der Waals surface area contributed by atoms with Crippen LogP contribution in [0.1, 0.15) is 32.3 Å². The number of halogens is 3. The topological polar surface area (TPSA) is 62.2 Å². The number of pyridine rings is 1. The molecule has 0 bridgehead atoms. The van der Waals surface area contributed by atoms with Gasteiger partial charge in [-0.25, -0.2) is 4.98 Å². The number of nitrogens with zero attached hydrogens (tertiary/aromatic N) is 1. The van der Waals surface area contributed by atoms with Crippen molar-refractivity contribution in [1.29, 1.82) is 0 Å². The van der Waals surface area contributed by atoms with Crippen LogP contribution in [0.4, 0.5) is 19.0 Å². The highest BCUT2D eigenvalue weighted by Gasteiger charge is 2.37. The predicted molar refractivity (Wildman–Crippen MR) is 68.4 cm³/mol. The van der Waals surface area contributed by atoms with E-state index in [0.29, 0.717) is 12.8 Å². The number of aromatic nitrogens is 1. The number of anilines is 1. The largest absolute Gasteiger partial charge is 0.481 e. The summed E-state index contributed by atoms with van der Waals surface area (Å²) in [4.78, 5) is 15.0. The second-order valence-corrected chi connectivity index (χ2v) is 4.54. The van der Waals surface area contributed by atoms with Crippen molar-refractivity contribution in [1.82, 2.24) is 4.98 Å². The summed E-state index contributed by atoms with van der Waals surface area (Å²) in [6.07, 6.45) is -2.65. The van der Waals surface area contributed by atoms with E-state index in [1.54, 1.807) is 13.8 Å². The van der Waals surface area contributed by atoms with Gasteiger partial charge in [0.05, 0.1) is 11.0 Å². The lowest BCUT2D eigenvalue weighted by Gasteiger charge is -2.27. The Kier molecular flexibility index (Phi) is 4.97. The summed E-state index contributed by atoms with van der Waals surface area (Å²) in [7, 11) is 0. The lowest BCUT2D eigenvalue weighted by atomic mass is 9.82. The van der Waals surface area contributed by atoms with Crippen LogP contribution in [0.2, 0.25) is 0 Å². The first-order chi connectivity index (χ1) is 9.27. The Morgan fingerprint density at radius 1 is 1.35 bits per heavy atom. The van der Waals surface area contributed by atoms with Crippen LogP contribution in [0.3, 0.4) is 0 Å². The molecule has 112 valence electrons. The lowest BCUT2D eigenvalue weighted by molar-refractivity contribution is -0.148. The average Bonchev–Trinajstić information content (AvgIpc) is 2.39. The standard InChI is InChI=1S/C13H17F3N2O2/c1-3-12(4-2,11(19)20)8-18-10-9(13(14,15)16)6-5-7-17-10/h5-7H,3-4,8H2,1-2H3,(H,17,18)(H,19,20). The van der Waals surface area contributed by atoms with Crippen molar-refractivity contribution in [3.8, 4) is 0 Å². The number of hydrogen-bond donors (Lipinski definition) is 2. The maximum atomic E-state index is 12.8.